The number of morpholine rings is 1. The van der Waals surface area contributed by atoms with Crippen molar-refractivity contribution in [3.05, 3.63) is 35.6 Å². The molecule has 38 heavy (non-hydrogen) atoms. The number of amides is 3. The molecule has 4 atom stereocenters. The summed E-state index contributed by atoms with van der Waals surface area (Å²) in [6.45, 7) is 1.64. The first-order valence-electron chi connectivity index (χ1n) is 13.6. The van der Waals surface area contributed by atoms with Gasteiger partial charge in [0.15, 0.2) is 0 Å². The average Bonchev–Trinajstić information content (AvgIpc) is 2.93. The number of carbonyl (C=O) groups excluding carboxylic acids is 2. The van der Waals surface area contributed by atoms with E-state index >= 15 is 0 Å². The number of rotatable bonds is 12. The van der Waals surface area contributed by atoms with Crippen LogP contribution in [-0.2, 0) is 14.2 Å². The van der Waals surface area contributed by atoms with Gasteiger partial charge in [-0.2, -0.15) is 0 Å². The van der Waals surface area contributed by atoms with Gasteiger partial charge >= 0.3 is 12.1 Å². The van der Waals surface area contributed by atoms with Gasteiger partial charge in [0.25, 0.3) is 0 Å². The number of benzene rings is 1. The maximum atomic E-state index is 14.0. The number of ether oxygens (including phenoxy) is 3. The van der Waals surface area contributed by atoms with Gasteiger partial charge < -0.3 is 40.2 Å². The van der Waals surface area contributed by atoms with Crippen LogP contribution >= 0.6 is 0 Å². The van der Waals surface area contributed by atoms with Crippen LogP contribution in [0.15, 0.2) is 24.3 Å². The van der Waals surface area contributed by atoms with E-state index in [0.717, 1.165) is 19.3 Å². The third-order valence-corrected chi connectivity index (χ3v) is 7.25. The Kier molecular flexibility index (Phi) is 12.5. The summed E-state index contributed by atoms with van der Waals surface area (Å²) in [5.74, 6) is 0.0839. The monoisotopic (exact) mass is 538 g/mol. The average molecular weight is 539 g/mol. The van der Waals surface area contributed by atoms with Gasteiger partial charge in [-0.15, -0.1) is 0 Å². The number of hydrogen-bond donors (Lipinski definition) is 4. The number of aliphatic hydroxyl groups is 1. The fourth-order valence-electron chi connectivity index (χ4n) is 5.25. The smallest absolute Gasteiger partial charge is 0.406 e. The van der Waals surface area contributed by atoms with Gasteiger partial charge in [0.2, 0.25) is 0 Å². The van der Waals surface area contributed by atoms with Crippen molar-refractivity contribution in [3.63, 3.8) is 0 Å². The standard InChI is InChI=1S/C27H43FN4O6/c1-29-17-23(33)22(15-19-7-4-3-5-8-19)31-26(34)32-12-14-37-24(18-32)25(20-9-6-10-21(28)16-20)38-13-11-30-27(35)36-2/h6,9-10,16,19,22-25,29,33H,3-5,7-8,11-15,17-18H2,1-2H3,(H,30,35)(H,31,34)/t22-,23+,24+,25-/m0/s1. The van der Waals surface area contributed by atoms with Gasteiger partial charge in [0, 0.05) is 19.6 Å². The zero-order chi connectivity index (χ0) is 27.3. The Balaban J connectivity index is 1.66. The van der Waals surface area contributed by atoms with Crippen molar-refractivity contribution in [2.24, 2.45) is 5.92 Å². The zero-order valence-corrected chi connectivity index (χ0v) is 22.5. The zero-order valence-electron chi connectivity index (χ0n) is 22.5. The topological polar surface area (TPSA) is 121 Å². The second-order valence-corrected chi connectivity index (χ2v) is 10.0. The van der Waals surface area contributed by atoms with E-state index in [4.69, 9.17) is 9.47 Å². The Bertz CT molecular complexity index is 872. The maximum absolute atomic E-state index is 14.0. The molecule has 1 aromatic rings. The molecule has 1 heterocycles. The normalized spacial score (nSPS) is 20.8. The van der Waals surface area contributed by atoms with Crippen LogP contribution in [0.4, 0.5) is 14.0 Å². The van der Waals surface area contributed by atoms with Crippen molar-refractivity contribution in [2.75, 3.05) is 53.6 Å². The van der Waals surface area contributed by atoms with E-state index in [9.17, 15) is 19.1 Å². The number of likely N-dealkylation sites (N-methyl/N-ethyl adjacent to an activating group) is 1. The van der Waals surface area contributed by atoms with Crippen molar-refractivity contribution < 1.29 is 33.3 Å². The summed E-state index contributed by atoms with van der Waals surface area (Å²) in [7, 11) is 3.06. The lowest BCUT2D eigenvalue weighted by molar-refractivity contribution is -0.105. The molecule has 3 amide bonds. The number of urea groups is 1. The summed E-state index contributed by atoms with van der Waals surface area (Å²) in [6, 6.07) is 5.45. The number of nitrogens with zero attached hydrogens (tertiary/aromatic N) is 1. The maximum Gasteiger partial charge on any atom is 0.406 e. The van der Waals surface area contributed by atoms with Crippen LogP contribution in [-0.4, -0.2) is 93.9 Å². The molecular formula is C27H43FN4O6. The van der Waals surface area contributed by atoms with Gasteiger partial charge in [-0.3, -0.25) is 0 Å². The van der Waals surface area contributed by atoms with Crippen molar-refractivity contribution in [3.8, 4) is 0 Å². The minimum Gasteiger partial charge on any atom is -0.453 e. The summed E-state index contributed by atoms with van der Waals surface area (Å²) < 4.78 is 30.6. The van der Waals surface area contributed by atoms with E-state index in [2.05, 4.69) is 20.7 Å². The van der Waals surface area contributed by atoms with Crippen LogP contribution < -0.4 is 16.0 Å². The predicted octanol–water partition coefficient (Wildman–Crippen LogP) is 2.57. The van der Waals surface area contributed by atoms with E-state index in [-0.39, 0.29) is 31.8 Å². The lowest BCUT2D eigenvalue weighted by Crippen LogP contribution is -2.56. The van der Waals surface area contributed by atoms with Gasteiger partial charge in [0.05, 0.1) is 39.0 Å². The Labute approximate surface area is 224 Å². The molecule has 10 nitrogen and oxygen atoms in total. The van der Waals surface area contributed by atoms with Gasteiger partial charge in [0.1, 0.15) is 18.0 Å². The van der Waals surface area contributed by atoms with E-state index in [1.807, 2.05) is 0 Å². The fourth-order valence-corrected chi connectivity index (χ4v) is 5.25. The second-order valence-electron chi connectivity index (χ2n) is 10.0. The molecule has 11 heteroatoms. The Hall–Kier alpha value is -2.47. The molecule has 1 aliphatic carbocycles. The minimum absolute atomic E-state index is 0.141. The highest BCUT2D eigenvalue weighted by Gasteiger charge is 2.34. The number of carbonyl (C=O) groups is 2. The molecule has 0 radical (unpaired) electrons. The summed E-state index contributed by atoms with van der Waals surface area (Å²) in [6.07, 6.45) is 4.13. The third-order valence-electron chi connectivity index (χ3n) is 7.25. The molecule has 0 spiro atoms. The molecule has 0 bridgehead atoms. The molecule has 2 aliphatic rings. The predicted molar refractivity (Wildman–Crippen MR) is 140 cm³/mol. The van der Waals surface area contributed by atoms with E-state index in [0.29, 0.717) is 31.2 Å². The highest BCUT2D eigenvalue weighted by atomic mass is 19.1. The number of methoxy groups -OCH3 is 1. The van der Waals surface area contributed by atoms with Crippen LogP contribution in [0.5, 0.6) is 0 Å². The molecule has 214 valence electrons. The Morgan fingerprint density at radius 3 is 2.76 bits per heavy atom. The van der Waals surface area contributed by atoms with Crippen molar-refractivity contribution in [2.45, 2.75) is 62.9 Å². The first kappa shape index (κ1) is 30.1. The molecule has 2 fully saturated rings. The number of nitrogens with one attached hydrogen (secondary N) is 3. The van der Waals surface area contributed by atoms with E-state index < -0.39 is 30.2 Å². The van der Waals surface area contributed by atoms with Crippen molar-refractivity contribution in [1.29, 1.82) is 0 Å². The molecular weight excluding hydrogens is 495 g/mol. The summed E-state index contributed by atoms with van der Waals surface area (Å²) in [5, 5.41) is 19.4. The minimum atomic E-state index is -0.701. The fraction of sp³-hybridized carbons (Fsp3) is 0.704. The van der Waals surface area contributed by atoms with E-state index in [1.165, 1.54) is 38.5 Å². The van der Waals surface area contributed by atoms with Crippen LogP contribution in [0.3, 0.4) is 0 Å². The van der Waals surface area contributed by atoms with Gasteiger partial charge in [-0.1, -0.05) is 44.2 Å². The van der Waals surface area contributed by atoms with Crippen LogP contribution in [0.1, 0.15) is 50.2 Å². The SMILES string of the molecule is CNC[C@@H](O)[C@H](CC1CCCCC1)NC(=O)N1CCO[C@@H]([C@@H](OCCNC(=O)OC)c2cccc(F)c2)C1. The Morgan fingerprint density at radius 2 is 2.05 bits per heavy atom. The number of hydrogen-bond acceptors (Lipinski definition) is 7. The number of alkyl carbamates (subject to hydrolysis) is 1. The molecule has 3 rings (SSSR count). The summed E-state index contributed by atoms with van der Waals surface area (Å²) in [5.41, 5.74) is 0.579. The van der Waals surface area contributed by atoms with Crippen LogP contribution in [0.25, 0.3) is 0 Å². The molecule has 0 aromatic heterocycles. The lowest BCUT2D eigenvalue weighted by Gasteiger charge is -2.38. The quantitative estimate of drug-likeness (QED) is 0.302. The largest absolute Gasteiger partial charge is 0.453 e. The first-order chi connectivity index (χ1) is 18.4. The summed E-state index contributed by atoms with van der Waals surface area (Å²) in [4.78, 5) is 26.4. The molecule has 4 N–H and O–H groups in total. The highest BCUT2D eigenvalue weighted by molar-refractivity contribution is 5.74. The first-order valence-corrected chi connectivity index (χ1v) is 13.6. The van der Waals surface area contributed by atoms with E-state index in [1.54, 1.807) is 24.1 Å². The Morgan fingerprint density at radius 1 is 1.26 bits per heavy atom. The van der Waals surface area contributed by atoms with Crippen molar-refractivity contribution in [1.82, 2.24) is 20.9 Å². The third kappa shape index (κ3) is 9.37. The lowest BCUT2D eigenvalue weighted by atomic mass is 9.83. The number of halogens is 1. The molecule has 1 aromatic carbocycles. The molecule has 1 saturated carbocycles. The molecule has 1 aliphatic heterocycles. The van der Waals surface area contributed by atoms with Crippen LogP contribution in [0, 0.1) is 11.7 Å². The second kappa shape index (κ2) is 15.8. The molecule has 0 unspecified atom stereocenters. The number of aliphatic hydroxyl groups excluding tert-OH is 1. The van der Waals surface area contributed by atoms with Gasteiger partial charge in [-0.05, 0) is 37.1 Å². The highest BCUT2D eigenvalue weighted by Crippen LogP contribution is 2.29. The van der Waals surface area contributed by atoms with Crippen LogP contribution in [0.2, 0.25) is 0 Å². The van der Waals surface area contributed by atoms with Gasteiger partial charge in [-0.25, -0.2) is 14.0 Å². The van der Waals surface area contributed by atoms with Crippen molar-refractivity contribution >= 4 is 12.1 Å². The molecule has 1 saturated heterocycles. The summed E-state index contributed by atoms with van der Waals surface area (Å²) >= 11 is 0.